The second-order valence-corrected chi connectivity index (χ2v) is 5.41. The van der Waals surface area contributed by atoms with E-state index in [2.05, 4.69) is 25.6 Å². The number of aryl methyl sites for hydroxylation is 1. The van der Waals surface area contributed by atoms with Gasteiger partial charge in [-0.15, -0.1) is 20.4 Å². The maximum absolute atomic E-state index is 9.68. The topological polar surface area (TPSA) is 96.8 Å². The maximum Gasteiger partial charge on any atom is 0.337 e. The molecule has 0 fully saturated rings. The zero-order chi connectivity index (χ0) is 14.7. The number of benzene rings is 1. The lowest BCUT2D eigenvalue weighted by atomic mass is 10.1. The van der Waals surface area contributed by atoms with Crippen molar-refractivity contribution < 1.29 is 9.63 Å². The van der Waals surface area contributed by atoms with Crippen molar-refractivity contribution in [3.8, 4) is 5.95 Å². The van der Waals surface area contributed by atoms with Crippen LogP contribution < -0.4 is 0 Å². The molecule has 0 atom stereocenters. The largest absolute Gasteiger partial charge is 0.478 e. The molecule has 0 spiro atoms. The number of hydrogen-bond acceptors (Lipinski definition) is 8. The quantitative estimate of drug-likeness (QED) is 0.743. The Balaban J connectivity index is 1.85. The van der Waals surface area contributed by atoms with Gasteiger partial charge in [0.2, 0.25) is 0 Å². The van der Waals surface area contributed by atoms with Gasteiger partial charge < -0.3 is 9.63 Å². The molecule has 0 bridgehead atoms. The van der Waals surface area contributed by atoms with E-state index in [-0.39, 0.29) is 11.6 Å². The Morgan fingerprint density at radius 3 is 2.71 bits per heavy atom. The van der Waals surface area contributed by atoms with Crippen LogP contribution in [0.3, 0.4) is 0 Å². The summed E-state index contributed by atoms with van der Waals surface area (Å²) >= 11 is 1.31. The van der Waals surface area contributed by atoms with Gasteiger partial charge in [0.1, 0.15) is 10.7 Å². The van der Waals surface area contributed by atoms with E-state index in [9.17, 15) is 5.11 Å². The molecule has 2 heterocycles. The van der Waals surface area contributed by atoms with Crippen LogP contribution in [0, 0.1) is 6.92 Å². The van der Waals surface area contributed by atoms with Gasteiger partial charge in [0.05, 0.1) is 0 Å². The van der Waals surface area contributed by atoms with Crippen LogP contribution in [-0.2, 0) is 6.42 Å². The van der Waals surface area contributed by atoms with E-state index in [1.54, 1.807) is 0 Å². The number of rotatable bonds is 4. The van der Waals surface area contributed by atoms with Crippen LogP contribution in [0.5, 0.6) is 5.95 Å². The summed E-state index contributed by atoms with van der Waals surface area (Å²) in [5.41, 5.74) is 1.77. The third-order valence-electron chi connectivity index (χ3n) is 2.68. The Labute approximate surface area is 124 Å². The van der Waals surface area contributed by atoms with Crippen molar-refractivity contribution in [1.29, 1.82) is 0 Å². The first-order valence-corrected chi connectivity index (χ1v) is 6.97. The van der Waals surface area contributed by atoms with Crippen LogP contribution in [0.15, 0.2) is 45.1 Å². The number of aromatic nitrogens is 3. The molecule has 0 radical (unpaired) electrons. The molecule has 1 N–H and O–H groups in total. The van der Waals surface area contributed by atoms with Crippen LogP contribution in [0.1, 0.15) is 16.3 Å². The van der Waals surface area contributed by atoms with Gasteiger partial charge in [0, 0.05) is 6.42 Å². The molecule has 0 unspecified atom stereocenters. The minimum Gasteiger partial charge on any atom is -0.478 e. The molecule has 0 aliphatic carbocycles. The predicted octanol–water partition coefficient (Wildman–Crippen LogP) is 3.55. The van der Waals surface area contributed by atoms with Gasteiger partial charge >= 0.3 is 5.95 Å². The van der Waals surface area contributed by atoms with E-state index >= 15 is 0 Å². The summed E-state index contributed by atoms with van der Waals surface area (Å²) < 4.78 is 4.78. The van der Waals surface area contributed by atoms with Crippen molar-refractivity contribution in [3.05, 3.63) is 46.6 Å². The summed E-state index contributed by atoms with van der Waals surface area (Å²) in [5, 5.41) is 30.3. The van der Waals surface area contributed by atoms with E-state index in [1.165, 1.54) is 11.3 Å². The zero-order valence-electron chi connectivity index (χ0n) is 11.1. The lowest BCUT2D eigenvalue weighted by molar-refractivity contribution is 0.277. The van der Waals surface area contributed by atoms with Crippen molar-refractivity contribution >= 4 is 22.2 Å². The molecule has 0 aliphatic rings. The number of aromatic hydroxyl groups is 1. The molecule has 7 nitrogen and oxygen atoms in total. The summed E-state index contributed by atoms with van der Waals surface area (Å²) in [4.78, 5) is 0. The predicted molar refractivity (Wildman–Crippen MR) is 76.2 cm³/mol. The van der Waals surface area contributed by atoms with Gasteiger partial charge in [-0.2, -0.15) is 0 Å². The van der Waals surface area contributed by atoms with Gasteiger partial charge in [-0.05, 0) is 12.5 Å². The third-order valence-corrected chi connectivity index (χ3v) is 3.41. The molecule has 3 rings (SSSR count). The third kappa shape index (κ3) is 3.11. The summed E-state index contributed by atoms with van der Waals surface area (Å²) in [6.45, 7) is 1.83. The van der Waals surface area contributed by atoms with Crippen molar-refractivity contribution in [2.24, 2.45) is 10.2 Å². The summed E-state index contributed by atoms with van der Waals surface area (Å²) in [6.07, 6.45) is 0.494. The highest BCUT2D eigenvalue weighted by atomic mass is 32.1. The normalized spacial score (nSPS) is 11.3. The number of hydrogen-bond donors (Lipinski definition) is 1. The summed E-state index contributed by atoms with van der Waals surface area (Å²) in [5.74, 6) is -0.356. The van der Waals surface area contributed by atoms with Crippen LogP contribution >= 0.6 is 11.3 Å². The standard InChI is InChI=1S/C13H11N5O2S/c1-8-14-16-13(21-8)17-15-11-10(18-20-12(11)19)7-9-5-3-2-4-6-9/h2-6,19H,7H2,1H3. The summed E-state index contributed by atoms with van der Waals surface area (Å²) in [7, 11) is 0. The van der Waals surface area contributed by atoms with Crippen molar-refractivity contribution in [3.63, 3.8) is 0 Å². The molecule has 0 aliphatic heterocycles. The van der Waals surface area contributed by atoms with Gasteiger partial charge in [-0.1, -0.05) is 46.8 Å². The molecule has 0 amide bonds. The van der Waals surface area contributed by atoms with E-state index in [1.807, 2.05) is 37.3 Å². The highest BCUT2D eigenvalue weighted by molar-refractivity contribution is 7.14. The minimum atomic E-state index is -0.356. The monoisotopic (exact) mass is 301 g/mol. The smallest absolute Gasteiger partial charge is 0.337 e. The average molecular weight is 301 g/mol. The van der Waals surface area contributed by atoms with Crippen molar-refractivity contribution in [2.45, 2.75) is 13.3 Å². The van der Waals surface area contributed by atoms with Gasteiger partial charge in [0.25, 0.3) is 5.13 Å². The minimum absolute atomic E-state index is 0.215. The molecule has 21 heavy (non-hydrogen) atoms. The van der Waals surface area contributed by atoms with Gasteiger partial charge in [-0.25, -0.2) is 0 Å². The lowest BCUT2D eigenvalue weighted by Crippen LogP contribution is -1.87. The molecule has 2 aromatic heterocycles. The molecule has 8 heteroatoms. The first-order chi connectivity index (χ1) is 10.2. The van der Waals surface area contributed by atoms with Crippen molar-refractivity contribution in [2.75, 3.05) is 0 Å². The molecule has 0 saturated carbocycles. The van der Waals surface area contributed by atoms with E-state index in [0.717, 1.165) is 10.6 Å². The lowest BCUT2D eigenvalue weighted by Gasteiger charge is -1.96. The second-order valence-electron chi connectivity index (χ2n) is 4.25. The fourth-order valence-electron chi connectivity index (χ4n) is 1.73. The van der Waals surface area contributed by atoms with Crippen LogP contribution in [0.2, 0.25) is 0 Å². The molecule has 3 aromatic rings. The Kier molecular flexibility index (Phi) is 3.69. The fraction of sp³-hybridized carbons (Fsp3) is 0.154. The Morgan fingerprint density at radius 2 is 2.00 bits per heavy atom. The Hall–Kier alpha value is -2.61. The molecular formula is C13H11N5O2S. The Morgan fingerprint density at radius 1 is 1.19 bits per heavy atom. The molecule has 0 saturated heterocycles. The molecular weight excluding hydrogens is 290 g/mol. The zero-order valence-corrected chi connectivity index (χ0v) is 11.9. The number of nitrogens with zero attached hydrogens (tertiary/aromatic N) is 5. The van der Waals surface area contributed by atoms with E-state index in [4.69, 9.17) is 4.52 Å². The first kappa shape index (κ1) is 13.4. The highest BCUT2D eigenvalue weighted by Crippen LogP contribution is 2.33. The average Bonchev–Trinajstić information content (AvgIpc) is 3.05. The fourth-order valence-corrected chi connectivity index (χ4v) is 2.24. The van der Waals surface area contributed by atoms with Crippen LogP contribution in [-0.4, -0.2) is 20.5 Å². The Bertz CT molecular complexity index is 766. The van der Waals surface area contributed by atoms with E-state index in [0.29, 0.717) is 17.2 Å². The van der Waals surface area contributed by atoms with Crippen LogP contribution in [0.25, 0.3) is 0 Å². The maximum atomic E-state index is 9.68. The van der Waals surface area contributed by atoms with Gasteiger partial charge in [0.15, 0.2) is 5.69 Å². The highest BCUT2D eigenvalue weighted by Gasteiger charge is 2.15. The van der Waals surface area contributed by atoms with Crippen LogP contribution in [0.4, 0.5) is 10.8 Å². The van der Waals surface area contributed by atoms with Crippen molar-refractivity contribution in [1.82, 2.24) is 15.4 Å². The number of azo groups is 1. The molecule has 106 valence electrons. The first-order valence-electron chi connectivity index (χ1n) is 6.15. The summed E-state index contributed by atoms with van der Waals surface area (Å²) in [6, 6.07) is 9.71. The van der Waals surface area contributed by atoms with Gasteiger partial charge in [-0.3, -0.25) is 0 Å². The second kappa shape index (κ2) is 5.80. The van der Waals surface area contributed by atoms with E-state index < -0.39 is 0 Å². The molecule has 1 aromatic carbocycles. The SMILES string of the molecule is Cc1nnc(N=Nc2c(Cc3ccccc3)noc2O)s1.